The van der Waals surface area contributed by atoms with E-state index in [9.17, 15) is 8.78 Å². The third kappa shape index (κ3) is 3.16. The lowest BCUT2D eigenvalue weighted by Gasteiger charge is -2.03. The van der Waals surface area contributed by atoms with Crippen molar-refractivity contribution in [2.75, 3.05) is 5.43 Å². The largest absolute Gasteiger partial charge is 0.450 e. The molecule has 8 heteroatoms. The number of para-hydroxylation sites is 1. The van der Waals surface area contributed by atoms with Crippen molar-refractivity contribution in [3.8, 4) is 5.75 Å². The third-order valence-corrected chi connectivity index (χ3v) is 3.65. The van der Waals surface area contributed by atoms with Crippen molar-refractivity contribution in [3.63, 3.8) is 0 Å². The number of halogens is 2. The third-order valence-electron chi connectivity index (χ3n) is 3.65. The molecular weight excluding hydrogens is 342 g/mol. The molecule has 0 aliphatic heterocycles. The summed E-state index contributed by atoms with van der Waals surface area (Å²) >= 11 is 0. The lowest BCUT2D eigenvalue weighted by molar-refractivity contribution is -0.0498. The van der Waals surface area contributed by atoms with Gasteiger partial charge in [0.25, 0.3) is 0 Å². The molecule has 0 aliphatic rings. The molecular formula is C18H12F2N4O2. The molecule has 0 atom stereocenters. The lowest BCUT2D eigenvalue weighted by atomic mass is 10.2. The molecule has 4 rings (SSSR count). The molecule has 4 aromatic rings. The monoisotopic (exact) mass is 354 g/mol. The van der Waals surface area contributed by atoms with E-state index < -0.39 is 6.61 Å². The summed E-state index contributed by atoms with van der Waals surface area (Å²) in [5, 5.41) is 5.00. The topological polar surface area (TPSA) is 72.5 Å². The van der Waals surface area contributed by atoms with Gasteiger partial charge in [-0.1, -0.05) is 12.1 Å². The number of ether oxygens (including phenoxy) is 1. The van der Waals surface area contributed by atoms with E-state index in [2.05, 4.69) is 25.2 Å². The fourth-order valence-electron chi connectivity index (χ4n) is 2.51. The minimum absolute atomic E-state index is 0.0879. The number of benzene rings is 2. The first-order valence-corrected chi connectivity index (χ1v) is 7.67. The average molecular weight is 354 g/mol. The van der Waals surface area contributed by atoms with Gasteiger partial charge < -0.3 is 9.15 Å². The first-order valence-electron chi connectivity index (χ1n) is 7.67. The first kappa shape index (κ1) is 15.9. The van der Waals surface area contributed by atoms with Crippen molar-refractivity contribution in [2.45, 2.75) is 6.61 Å². The van der Waals surface area contributed by atoms with Crippen molar-refractivity contribution in [2.24, 2.45) is 5.10 Å². The van der Waals surface area contributed by atoms with Crippen LogP contribution in [0.25, 0.3) is 22.1 Å². The molecule has 0 bridgehead atoms. The average Bonchev–Trinajstić information content (AvgIpc) is 3.02. The van der Waals surface area contributed by atoms with E-state index in [1.54, 1.807) is 12.1 Å². The van der Waals surface area contributed by atoms with E-state index in [4.69, 9.17) is 4.42 Å². The number of nitrogens with zero attached hydrogens (tertiary/aromatic N) is 3. The number of hydrogen-bond acceptors (Lipinski definition) is 6. The van der Waals surface area contributed by atoms with Crippen LogP contribution in [0.5, 0.6) is 5.75 Å². The second-order valence-electron chi connectivity index (χ2n) is 5.32. The normalized spacial score (nSPS) is 11.7. The van der Waals surface area contributed by atoms with Gasteiger partial charge in [-0.2, -0.15) is 13.9 Å². The van der Waals surface area contributed by atoms with Gasteiger partial charge in [-0.3, -0.25) is 5.43 Å². The van der Waals surface area contributed by atoms with Crippen molar-refractivity contribution in [1.29, 1.82) is 0 Å². The molecule has 130 valence electrons. The molecule has 2 aromatic carbocycles. The van der Waals surface area contributed by atoms with Crippen molar-refractivity contribution in [1.82, 2.24) is 9.97 Å². The van der Waals surface area contributed by atoms with Crippen LogP contribution in [0.4, 0.5) is 14.6 Å². The minimum atomic E-state index is -2.85. The van der Waals surface area contributed by atoms with Crippen molar-refractivity contribution >= 4 is 34.1 Å². The van der Waals surface area contributed by atoms with E-state index >= 15 is 0 Å². The number of hydrogen-bond donors (Lipinski definition) is 1. The van der Waals surface area contributed by atoms with Gasteiger partial charge in [-0.15, -0.1) is 0 Å². The Morgan fingerprint density at radius 1 is 1.08 bits per heavy atom. The Morgan fingerprint density at radius 3 is 2.69 bits per heavy atom. The first-order chi connectivity index (χ1) is 12.7. The number of hydrazone groups is 1. The van der Waals surface area contributed by atoms with Gasteiger partial charge in [0.2, 0.25) is 0 Å². The van der Waals surface area contributed by atoms with Gasteiger partial charge in [0.05, 0.1) is 6.21 Å². The molecule has 0 amide bonds. The summed E-state index contributed by atoms with van der Waals surface area (Å²) in [6, 6.07) is 13.7. The molecule has 2 aromatic heterocycles. The highest BCUT2D eigenvalue weighted by molar-refractivity contribution is 6.05. The highest BCUT2D eigenvalue weighted by Crippen LogP contribution is 2.30. The quantitative estimate of drug-likeness (QED) is 0.424. The van der Waals surface area contributed by atoms with E-state index in [0.29, 0.717) is 28.1 Å². The number of furan rings is 1. The predicted octanol–water partition coefficient (Wildman–Crippen LogP) is 4.42. The molecule has 0 radical (unpaired) electrons. The standard InChI is InChI=1S/C18H12F2N4O2/c19-18(20)25-12-7-5-11(6-8-12)9-23-24-17-16-15(21-10-22-17)13-3-1-2-4-14(13)26-16/h1-10,18H,(H,21,22,24)/b23-9-. The van der Waals surface area contributed by atoms with E-state index in [-0.39, 0.29) is 5.75 Å². The second-order valence-corrected chi connectivity index (χ2v) is 5.32. The predicted molar refractivity (Wildman–Crippen MR) is 93.6 cm³/mol. The van der Waals surface area contributed by atoms with E-state index in [1.165, 1.54) is 24.7 Å². The van der Waals surface area contributed by atoms with Crippen molar-refractivity contribution in [3.05, 3.63) is 60.4 Å². The maximum atomic E-state index is 12.1. The highest BCUT2D eigenvalue weighted by Gasteiger charge is 2.12. The summed E-state index contributed by atoms with van der Waals surface area (Å²) in [6.07, 6.45) is 2.96. The lowest BCUT2D eigenvalue weighted by Crippen LogP contribution is -2.01. The molecule has 0 saturated carbocycles. The Kier molecular flexibility index (Phi) is 4.14. The molecule has 0 fully saturated rings. The van der Waals surface area contributed by atoms with Crippen molar-refractivity contribution < 1.29 is 17.9 Å². The zero-order chi connectivity index (χ0) is 17.9. The van der Waals surface area contributed by atoms with Gasteiger partial charge in [0.15, 0.2) is 11.4 Å². The van der Waals surface area contributed by atoms with Crippen LogP contribution in [0.2, 0.25) is 0 Å². The fourth-order valence-corrected chi connectivity index (χ4v) is 2.51. The summed E-state index contributed by atoms with van der Waals surface area (Å²) in [5.41, 5.74) is 5.43. The summed E-state index contributed by atoms with van der Waals surface area (Å²) < 4.78 is 34.4. The zero-order valence-corrected chi connectivity index (χ0v) is 13.3. The van der Waals surface area contributed by atoms with Crippen LogP contribution in [0.3, 0.4) is 0 Å². The Labute approximate surface area is 146 Å². The maximum Gasteiger partial charge on any atom is 0.387 e. The summed E-state index contributed by atoms with van der Waals surface area (Å²) in [5.74, 6) is 0.519. The molecule has 6 nitrogen and oxygen atoms in total. The van der Waals surface area contributed by atoms with Crippen LogP contribution < -0.4 is 10.2 Å². The van der Waals surface area contributed by atoms with Crippen LogP contribution in [-0.4, -0.2) is 22.8 Å². The Hall–Kier alpha value is -3.55. The van der Waals surface area contributed by atoms with E-state index in [0.717, 1.165) is 5.39 Å². The maximum absolute atomic E-state index is 12.1. The zero-order valence-electron chi connectivity index (χ0n) is 13.3. The summed E-state index contributed by atoms with van der Waals surface area (Å²) in [6.45, 7) is -2.85. The SMILES string of the molecule is FC(F)Oc1ccc(/C=N\Nc2ncnc3c2oc2ccccc23)cc1. The number of alkyl halides is 2. The molecule has 0 spiro atoms. The van der Waals surface area contributed by atoms with Gasteiger partial charge in [-0.05, 0) is 42.0 Å². The summed E-state index contributed by atoms with van der Waals surface area (Å²) in [4.78, 5) is 8.40. The molecule has 1 N–H and O–H groups in total. The van der Waals surface area contributed by atoms with Crippen LogP contribution in [0.1, 0.15) is 5.56 Å². The minimum Gasteiger partial charge on any atom is -0.450 e. The Balaban J connectivity index is 1.55. The molecule has 0 aliphatic carbocycles. The van der Waals surface area contributed by atoms with Gasteiger partial charge in [0, 0.05) is 5.39 Å². The number of aromatic nitrogens is 2. The molecule has 26 heavy (non-hydrogen) atoms. The molecule has 0 unspecified atom stereocenters. The molecule has 0 saturated heterocycles. The van der Waals surface area contributed by atoms with Crippen LogP contribution in [-0.2, 0) is 0 Å². The van der Waals surface area contributed by atoms with Crippen LogP contribution in [0.15, 0.2) is 64.4 Å². The van der Waals surface area contributed by atoms with Gasteiger partial charge in [-0.25, -0.2) is 9.97 Å². The van der Waals surface area contributed by atoms with Crippen LogP contribution >= 0.6 is 0 Å². The number of rotatable bonds is 5. The second kappa shape index (κ2) is 6.75. The fraction of sp³-hybridized carbons (Fsp3) is 0.0556. The number of anilines is 1. The Morgan fingerprint density at radius 2 is 1.88 bits per heavy atom. The van der Waals surface area contributed by atoms with Crippen LogP contribution in [0, 0.1) is 0 Å². The smallest absolute Gasteiger partial charge is 0.387 e. The number of fused-ring (bicyclic) bond motifs is 3. The highest BCUT2D eigenvalue weighted by atomic mass is 19.3. The van der Waals surface area contributed by atoms with Gasteiger partial charge >= 0.3 is 6.61 Å². The number of nitrogens with one attached hydrogen (secondary N) is 1. The molecule has 2 heterocycles. The Bertz CT molecular complexity index is 1080. The van der Waals surface area contributed by atoms with E-state index in [1.807, 2.05) is 24.3 Å². The van der Waals surface area contributed by atoms with Gasteiger partial charge in [0.1, 0.15) is 23.2 Å². The summed E-state index contributed by atoms with van der Waals surface area (Å²) in [7, 11) is 0.